The van der Waals surface area contributed by atoms with Crippen molar-refractivity contribution in [3.05, 3.63) is 54.1 Å². The van der Waals surface area contributed by atoms with Gasteiger partial charge >= 0.3 is 6.18 Å². The second kappa shape index (κ2) is 6.95. The average Bonchev–Trinajstić information content (AvgIpc) is 2.62. The van der Waals surface area contributed by atoms with Crippen LogP contribution in [0.5, 0.6) is 5.75 Å². The minimum atomic E-state index is -4.48. The van der Waals surface area contributed by atoms with E-state index in [4.69, 9.17) is 4.74 Å². The number of carbonyl (C=O) groups excluding carboxylic acids is 2. The molecule has 136 valence electrons. The Kier molecular flexibility index (Phi) is 4.70. The van der Waals surface area contributed by atoms with Gasteiger partial charge in [0.2, 0.25) is 0 Å². The number of hydrogen-bond donors (Lipinski definition) is 2. The number of nitrogens with zero attached hydrogens (tertiary/aromatic N) is 1. The molecule has 2 aromatic carbocycles. The van der Waals surface area contributed by atoms with E-state index < -0.39 is 23.6 Å². The molecule has 26 heavy (non-hydrogen) atoms. The number of para-hydroxylation sites is 2. The lowest BCUT2D eigenvalue weighted by Crippen LogP contribution is -2.46. The van der Waals surface area contributed by atoms with Gasteiger partial charge in [-0.25, -0.2) is 0 Å². The minimum Gasteiger partial charge on any atom is -0.482 e. The van der Waals surface area contributed by atoms with Gasteiger partial charge < -0.3 is 4.74 Å². The van der Waals surface area contributed by atoms with Gasteiger partial charge in [-0.15, -0.1) is 0 Å². The molecule has 2 aromatic rings. The molecular weight excluding hydrogens is 351 g/mol. The van der Waals surface area contributed by atoms with Crippen molar-refractivity contribution >= 4 is 23.2 Å². The van der Waals surface area contributed by atoms with Crippen molar-refractivity contribution < 1.29 is 27.5 Å². The molecule has 2 amide bonds. The van der Waals surface area contributed by atoms with Crippen LogP contribution in [0.15, 0.2) is 48.5 Å². The lowest BCUT2D eigenvalue weighted by Gasteiger charge is -2.28. The molecule has 0 atom stereocenters. The predicted octanol–water partition coefficient (Wildman–Crippen LogP) is 2.57. The Morgan fingerprint density at radius 3 is 2.69 bits per heavy atom. The van der Waals surface area contributed by atoms with Crippen molar-refractivity contribution in [3.63, 3.8) is 0 Å². The average molecular weight is 365 g/mol. The molecule has 0 radical (unpaired) electrons. The van der Waals surface area contributed by atoms with Gasteiger partial charge in [-0.05, 0) is 30.3 Å². The van der Waals surface area contributed by atoms with Crippen molar-refractivity contribution in [3.8, 4) is 5.75 Å². The number of nitrogens with one attached hydrogen (secondary N) is 2. The normalized spacial score (nSPS) is 13.7. The zero-order valence-electron chi connectivity index (χ0n) is 13.3. The largest absolute Gasteiger partial charge is 0.482 e. The van der Waals surface area contributed by atoms with Crippen LogP contribution in [0.1, 0.15) is 5.56 Å². The lowest BCUT2D eigenvalue weighted by atomic mass is 10.2. The van der Waals surface area contributed by atoms with Crippen LogP contribution < -0.4 is 20.5 Å². The van der Waals surface area contributed by atoms with E-state index in [1.807, 2.05) is 0 Å². The number of hydrazine groups is 1. The summed E-state index contributed by atoms with van der Waals surface area (Å²) in [5.74, 6) is -0.504. The molecule has 0 bridgehead atoms. The number of alkyl halides is 3. The van der Waals surface area contributed by atoms with E-state index in [1.54, 1.807) is 24.3 Å². The molecule has 0 unspecified atom stereocenters. The Balaban J connectivity index is 1.64. The van der Waals surface area contributed by atoms with Gasteiger partial charge in [0.25, 0.3) is 11.8 Å². The number of carbonyl (C=O) groups is 2. The highest BCUT2D eigenvalue weighted by atomic mass is 19.4. The van der Waals surface area contributed by atoms with Gasteiger partial charge in [-0.2, -0.15) is 13.2 Å². The maximum atomic E-state index is 12.7. The summed E-state index contributed by atoms with van der Waals surface area (Å²) in [6.07, 6.45) is -4.48. The second-order valence-electron chi connectivity index (χ2n) is 5.49. The Hall–Kier alpha value is -3.23. The van der Waals surface area contributed by atoms with Crippen molar-refractivity contribution in [1.29, 1.82) is 0 Å². The van der Waals surface area contributed by atoms with Crippen LogP contribution in [0.3, 0.4) is 0 Å². The Morgan fingerprint density at radius 1 is 1.15 bits per heavy atom. The minimum absolute atomic E-state index is 0.0712. The number of benzene rings is 2. The molecule has 9 heteroatoms. The first kappa shape index (κ1) is 17.6. The summed E-state index contributed by atoms with van der Waals surface area (Å²) in [6, 6.07) is 11.2. The van der Waals surface area contributed by atoms with Gasteiger partial charge in [0.15, 0.2) is 6.61 Å². The van der Waals surface area contributed by atoms with Crippen molar-refractivity contribution in [2.75, 3.05) is 23.5 Å². The first-order valence-corrected chi connectivity index (χ1v) is 7.59. The van der Waals surface area contributed by atoms with Crippen LogP contribution in [0.2, 0.25) is 0 Å². The topological polar surface area (TPSA) is 70.7 Å². The molecule has 3 rings (SSSR count). The van der Waals surface area contributed by atoms with Crippen LogP contribution >= 0.6 is 0 Å². The third-order valence-electron chi connectivity index (χ3n) is 3.65. The second-order valence-corrected chi connectivity index (χ2v) is 5.49. The molecule has 0 saturated carbocycles. The maximum Gasteiger partial charge on any atom is 0.416 e. The molecule has 6 nitrogen and oxygen atoms in total. The van der Waals surface area contributed by atoms with E-state index in [-0.39, 0.29) is 18.8 Å². The van der Waals surface area contributed by atoms with E-state index >= 15 is 0 Å². The fourth-order valence-corrected chi connectivity index (χ4v) is 2.43. The fraction of sp³-hybridized carbons (Fsp3) is 0.176. The number of rotatable bonds is 4. The maximum absolute atomic E-state index is 12.7. The third kappa shape index (κ3) is 3.88. The molecule has 1 aliphatic heterocycles. The summed E-state index contributed by atoms with van der Waals surface area (Å²) in [5, 5.41) is 0. The molecule has 0 spiro atoms. The van der Waals surface area contributed by atoms with Gasteiger partial charge in [0.05, 0.1) is 16.9 Å². The van der Waals surface area contributed by atoms with E-state index in [1.165, 1.54) is 17.0 Å². The Bertz CT molecular complexity index is 839. The monoisotopic (exact) mass is 365 g/mol. The SMILES string of the molecule is O=C(CN1C(=O)COc2ccccc21)NNc1cccc(C(F)(F)F)c1. The zero-order valence-corrected chi connectivity index (χ0v) is 13.3. The summed E-state index contributed by atoms with van der Waals surface area (Å²) in [7, 11) is 0. The number of fused-ring (bicyclic) bond motifs is 1. The molecule has 0 saturated heterocycles. The van der Waals surface area contributed by atoms with E-state index in [2.05, 4.69) is 10.9 Å². The van der Waals surface area contributed by atoms with Gasteiger partial charge in [0.1, 0.15) is 12.3 Å². The fourth-order valence-electron chi connectivity index (χ4n) is 2.43. The molecular formula is C17H14F3N3O3. The Morgan fingerprint density at radius 2 is 1.92 bits per heavy atom. The van der Waals surface area contributed by atoms with E-state index in [0.29, 0.717) is 11.4 Å². The summed E-state index contributed by atoms with van der Waals surface area (Å²) in [4.78, 5) is 25.3. The van der Waals surface area contributed by atoms with Crippen LogP contribution in [-0.4, -0.2) is 25.0 Å². The number of anilines is 2. The van der Waals surface area contributed by atoms with Crippen LogP contribution in [-0.2, 0) is 15.8 Å². The number of amides is 2. The van der Waals surface area contributed by atoms with Gasteiger partial charge in [-0.1, -0.05) is 18.2 Å². The highest BCUT2D eigenvalue weighted by Crippen LogP contribution is 2.31. The first-order chi connectivity index (χ1) is 12.3. The van der Waals surface area contributed by atoms with Crippen LogP contribution in [0.25, 0.3) is 0 Å². The quantitative estimate of drug-likeness (QED) is 0.817. The molecule has 0 aliphatic carbocycles. The standard InChI is InChI=1S/C17H14F3N3O3/c18-17(19,20)11-4-3-5-12(8-11)21-22-15(24)9-23-13-6-1-2-7-14(13)26-10-16(23)25/h1-8,21H,9-10H2,(H,22,24). The molecule has 0 fully saturated rings. The lowest BCUT2D eigenvalue weighted by molar-refractivity contribution is -0.137. The number of halogens is 3. The van der Waals surface area contributed by atoms with Crippen molar-refractivity contribution in [1.82, 2.24) is 5.43 Å². The number of ether oxygens (including phenoxy) is 1. The zero-order chi connectivity index (χ0) is 18.7. The molecule has 1 heterocycles. The van der Waals surface area contributed by atoms with E-state index in [9.17, 15) is 22.8 Å². The smallest absolute Gasteiger partial charge is 0.416 e. The first-order valence-electron chi connectivity index (χ1n) is 7.59. The summed E-state index contributed by atoms with van der Waals surface area (Å²) < 4.78 is 43.3. The molecule has 2 N–H and O–H groups in total. The Labute approximate surface area is 146 Å². The predicted molar refractivity (Wildman–Crippen MR) is 87.5 cm³/mol. The van der Waals surface area contributed by atoms with E-state index in [0.717, 1.165) is 12.1 Å². The highest BCUT2D eigenvalue weighted by molar-refractivity contribution is 6.02. The number of hydrogen-bond acceptors (Lipinski definition) is 4. The highest BCUT2D eigenvalue weighted by Gasteiger charge is 2.30. The molecule has 0 aromatic heterocycles. The summed E-state index contributed by atoms with van der Waals surface area (Å²) in [6.45, 7) is -0.490. The summed E-state index contributed by atoms with van der Waals surface area (Å²) >= 11 is 0. The van der Waals surface area contributed by atoms with Crippen LogP contribution in [0.4, 0.5) is 24.5 Å². The summed E-state index contributed by atoms with van der Waals surface area (Å²) in [5.41, 5.74) is 4.39. The van der Waals surface area contributed by atoms with Gasteiger partial charge in [-0.3, -0.25) is 25.3 Å². The van der Waals surface area contributed by atoms with Crippen LogP contribution in [0, 0.1) is 0 Å². The molecule has 1 aliphatic rings. The third-order valence-corrected chi connectivity index (χ3v) is 3.65. The van der Waals surface area contributed by atoms with Crippen molar-refractivity contribution in [2.45, 2.75) is 6.18 Å². The van der Waals surface area contributed by atoms with Crippen molar-refractivity contribution in [2.24, 2.45) is 0 Å². The van der Waals surface area contributed by atoms with Gasteiger partial charge in [0, 0.05) is 0 Å².